The lowest BCUT2D eigenvalue weighted by Gasteiger charge is -2.32. The van der Waals surface area contributed by atoms with E-state index in [1.165, 1.54) is 0 Å². The summed E-state index contributed by atoms with van der Waals surface area (Å²) in [5.41, 5.74) is 1.02. The van der Waals surface area contributed by atoms with Crippen LogP contribution in [-0.4, -0.2) is 22.2 Å². The van der Waals surface area contributed by atoms with Gasteiger partial charge in [-0.1, -0.05) is 6.07 Å². The average Bonchev–Trinajstić information content (AvgIpc) is 2.01. The molecule has 3 nitrogen and oxygen atoms in total. The van der Waals surface area contributed by atoms with Crippen molar-refractivity contribution in [3.63, 3.8) is 0 Å². The number of aliphatic hydroxyl groups is 1. The van der Waals surface area contributed by atoms with Crippen LogP contribution in [0.1, 0.15) is 18.5 Å². The lowest BCUT2D eigenvalue weighted by atomic mass is 9.89. The molecule has 0 unspecified atom stereocenters. The van der Waals surface area contributed by atoms with Gasteiger partial charge in [-0.15, -0.1) is 0 Å². The molecule has 1 fully saturated rings. The molecule has 0 amide bonds. The van der Waals surface area contributed by atoms with E-state index < -0.39 is 0 Å². The van der Waals surface area contributed by atoms with E-state index in [-0.39, 0.29) is 6.10 Å². The molecule has 0 saturated heterocycles. The average molecular weight is 178 g/mol. The predicted molar refractivity (Wildman–Crippen MR) is 51.6 cm³/mol. The number of aliphatic hydroxyl groups excluding tert-OH is 1. The molecule has 1 aromatic heterocycles. The van der Waals surface area contributed by atoms with Gasteiger partial charge in [0.15, 0.2) is 0 Å². The minimum Gasteiger partial charge on any atom is -0.393 e. The first-order chi connectivity index (χ1) is 6.24. The van der Waals surface area contributed by atoms with Gasteiger partial charge in [0.05, 0.1) is 6.10 Å². The summed E-state index contributed by atoms with van der Waals surface area (Å²) in [6.45, 7) is 1.97. The van der Waals surface area contributed by atoms with E-state index in [0.717, 1.165) is 24.4 Å². The second-order valence-corrected chi connectivity index (χ2v) is 3.63. The van der Waals surface area contributed by atoms with Gasteiger partial charge in [0.25, 0.3) is 0 Å². The minimum atomic E-state index is -0.109. The number of pyridine rings is 1. The van der Waals surface area contributed by atoms with Crippen LogP contribution < -0.4 is 5.32 Å². The maximum absolute atomic E-state index is 9.09. The first-order valence-corrected chi connectivity index (χ1v) is 4.62. The second kappa shape index (κ2) is 3.34. The van der Waals surface area contributed by atoms with Crippen LogP contribution in [0.15, 0.2) is 18.2 Å². The topological polar surface area (TPSA) is 45.1 Å². The van der Waals surface area contributed by atoms with E-state index in [1.54, 1.807) is 0 Å². The third-order valence-electron chi connectivity index (χ3n) is 2.35. The summed E-state index contributed by atoms with van der Waals surface area (Å²) < 4.78 is 0. The third-order valence-corrected chi connectivity index (χ3v) is 2.35. The molecular weight excluding hydrogens is 164 g/mol. The van der Waals surface area contributed by atoms with Crippen molar-refractivity contribution in [3.05, 3.63) is 23.9 Å². The summed E-state index contributed by atoms with van der Waals surface area (Å²) in [5.74, 6) is 0.914. The van der Waals surface area contributed by atoms with Gasteiger partial charge in [-0.3, -0.25) is 0 Å². The zero-order chi connectivity index (χ0) is 9.26. The molecule has 0 atom stereocenters. The standard InChI is InChI=1S/C10H14N2O/c1-7-3-2-4-10(11-7)12-8-5-9(13)6-8/h2-4,8-9,13H,5-6H2,1H3,(H,11,12)/t8-,9+. The molecule has 0 aromatic carbocycles. The van der Waals surface area contributed by atoms with Crippen LogP contribution in [0, 0.1) is 6.92 Å². The van der Waals surface area contributed by atoms with E-state index in [4.69, 9.17) is 5.11 Å². The van der Waals surface area contributed by atoms with E-state index in [0.29, 0.717) is 6.04 Å². The van der Waals surface area contributed by atoms with Crippen molar-refractivity contribution < 1.29 is 5.11 Å². The van der Waals surface area contributed by atoms with E-state index in [9.17, 15) is 0 Å². The molecule has 2 N–H and O–H groups in total. The van der Waals surface area contributed by atoms with Crippen LogP contribution in [0.5, 0.6) is 0 Å². The highest BCUT2D eigenvalue weighted by atomic mass is 16.3. The van der Waals surface area contributed by atoms with Gasteiger partial charge in [0.1, 0.15) is 5.82 Å². The zero-order valence-electron chi connectivity index (χ0n) is 7.70. The molecule has 1 saturated carbocycles. The summed E-state index contributed by atoms with van der Waals surface area (Å²) in [5, 5.41) is 12.4. The number of aryl methyl sites for hydroxylation is 1. The number of nitrogens with one attached hydrogen (secondary N) is 1. The van der Waals surface area contributed by atoms with Gasteiger partial charge in [0.2, 0.25) is 0 Å². The fourth-order valence-corrected chi connectivity index (χ4v) is 1.54. The normalized spacial score (nSPS) is 26.6. The largest absolute Gasteiger partial charge is 0.393 e. The summed E-state index contributed by atoms with van der Waals surface area (Å²) >= 11 is 0. The van der Waals surface area contributed by atoms with E-state index in [2.05, 4.69) is 10.3 Å². The predicted octanol–water partition coefficient (Wildman–Crippen LogP) is 1.33. The molecule has 1 aliphatic carbocycles. The number of aromatic nitrogens is 1. The van der Waals surface area contributed by atoms with E-state index >= 15 is 0 Å². The first kappa shape index (κ1) is 8.51. The van der Waals surface area contributed by atoms with Crippen molar-refractivity contribution >= 4 is 5.82 Å². The number of hydrogen-bond donors (Lipinski definition) is 2. The smallest absolute Gasteiger partial charge is 0.126 e. The van der Waals surface area contributed by atoms with Crippen molar-refractivity contribution in [2.75, 3.05) is 5.32 Å². The Labute approximate surface area is 77.8 Å². The Morgan fingerprint density at radius 1 is 1.46 bits per heavy atom. The molecule has 1 aromatic rings. The number of nitrogens with zero attached hydrogens (tertiary/aromatic N) is 1. The van der Waals surface area contributed by atoms with Gasteiger partial charge in [-0.25, -0.2) is 4.98 Å². The number of anilines is 1. The van der Waals surface area contributed by atoms with Crippen molar-refractivity contribution in [2.24, 2.45) is 0 Å². The van der Waals surface area contributed by atoms with Gasteiger partial charge in [-0.2, -0.15) is 0 Å². The Balaban J connectivity index is 1.94. The van der Waals surface area contributed by atoms with Gasteiger partial charge >= 0.3 is 0 Å². The third kappa shape index (κ3) is 1.98. The van der Waals surface area contributed by atoms with Crippen molar-refractivity contribution in [1.29, 1.82) is 0 Å². The summed E-state index contributed by atoms with van der Waals surface area (Å²) in [4.78, 5) is 4.33. The molecule has 0 bridgehead atoms. The maximum atomic E-state index is 9.09. The summed E-state index contributed by atoms with van der Waals surface area (Å²) in [6, 6.07) is 6.32. The van der Waals surface area contributed by atoms with Crippen molar-refractivity contribution in [1.82, 2.24) is 4.98 Å². The Morgan fingerprint density at radius 2 is 2.23 bits per heavy atom. The molecule has 0 radical (unpaired) electrons. The Morgan fingerprint density at radius 3 is 2.85 bits per heavy atom. The molecular formula is C10H14N2O. The molecule has 3 heteroatoms. The van der Waals surface area contributed by atoms with Gasteiger partial charge < -0.3 is 10.4 Å². The zero-order valence-corrected chi connectivity index (χ0v) is 7.70. The molecule has 13 heavy (non-hydrogen) atoms. The van der Waals surface area contributed by atoms with Crippen LogP contribution in [0.4, 0.5) is 5.82 Å². The van der Waals surface area contributed by atoms with Crippen LogP contribution in [0.2, 0.25) is 0 Å². The van der Waals surface area contributed by atoms with Crippen LogP contribution in [0.25, 0.3) is 0 Å². The molecule has 0 spiro atoms. The summed E-state index contributed by atoms with van der Waals surface area (Å²) in [6.07, 6.45) is 1.58. The molecule has 1 heterocycles. The van der Waals surface area contributed by atoms with E-state index in [1.807, 2.05) is 25.1 Å². The lowest BCUT2D eigenvalue weighted by Crippen LogP contribution is -2.39. The highest BCUT2D eigenvalue weighted by Gasteiger charge is 2.26. The van der Waals surface area contributed by atoms with Crippen molar-refractivity contribution in [3.8, 4) is 0 Å². The lowest BCUT2D eigenvalue weighted by molar-refractivity contribution is 0.0835. The fraction of sp³-hybridized carbons (Fsp3) is 0.500. The molecule has 1 aliphatic rings. The second-order valence-electron chi connectivity index (χ2n) is 3.63. The Bertz CT molecular complexity index is 295. The van der Waals surface area contributed by atoms with Gasteiger partial charge in [0, 0.05) is 11.7 Å². The van der Waals surface area contributed by atoms with Crippen LogP contribution >= 0.6 is 0 Å². The summed E-state index contributed by atoms with van der Waals surface area (Å²) in [7, 11) is 0. The minimum absolute atomic E-state index is 0.109. The molecule has 70 valence electrons. The number of rotatable bonds is 2. The molecule has 0 aliphatic heterocycles. The highest BCUT2D eigenvalue weighted by molar-refractivity contribution is 5.37. The SMILES string of the molecule is Cc1cccc(N[C@H]2C[C@@H](O)C2)n1. The maximum Gasteiger partial charge on any atom is 0.126 e. The number of hydrogen-bond acceptors (Lipinski definition) is 3. The Hall–Kier alpha value is -1.09. The fourth-order valence-electron chi connectivity index (χ4n) is 1.54. The van der Waals surface area contributed by atoms with Crippen LogP contribution in [-0.2, 0) is 0 Å². The Kier molecular flexibility index (Phi) is 2.19. The monoisotopic (exact) mass is 178 g/mol. The van der Waals surface area contributed by atoms with Crippen LogP contribution in [0.3, 0.4) is 0 Å². The quantitative estimate of drug-likeness (QED) is 0.718. The highest BCUT2D eigenvalue weighted by Crippen LogP contribution is 2.22. The molecule has 2 rings (SSSR count). The van der Waals surface area contributed by atoms with Crippen molar-refractivity contribution in [2.45, 2.75) is 31.9 Å². The van der Waals surface area contributed by atoms with Gasteiger partial charge in [-0.05, 0) is 31.9 Å². The first-order valence-electron chi connectivity index (χ1n) is 4.62.